The Labute approximate surface area is 101 Å². The summed E-state index contributed by atoms with van der Waals surface area (Å²) in [5, 5.41) is 0. The van der Waals surface area contributed by atoms with Crippen molar-refractivity contribution in [1.82, 2.24) is 4.98 Å². The van der Waals surface area contributed by atoms with Crippen molar-refractivity contribution in [2.45, 2.75) is 19.8 Å². The van der Waals surface area contributed by atoms with Crippen LogP contribution in [-0.2, 0) is 24.5 Å². The van der Waals surface area contributed by atoms with Crippen LogP contribution in [0.25, 0.3) is 0 Å². The highest BCUT2D eigenvalue weighted by Crippen LogP contribution is 2.05. The van der Waals surface area contributed by atoms with Gasteiger partial charge in [-0.05, 0) is 17.7 Å². The van der Waals surface area contributed by atoms with Gasteiger partial charge in [0.25, 0.3) is 0 Å². The number of benzene rings is 1. The van der Waals surface area contributed by atoms with Crippen LogP contribution >= 0.6 is 0 Å². The van der Waals surface area contributed by atoms with Crippen LogP contribution in [0.3, 0.4) is 0 Å². The molecule has 0 unspecified atom stereocenters. The lowest BCUT2D eigenvalue weighted by Gasteiger charge is -2.05. The van der Waals surface area contributed by atoms with Gasteiger partial charge in [0.1, 0.15) is 0 Å². The van der Waals surface area contributed by atoms with E-state index in [4.69, 9.17) is 10.5 Å². The molecule has 0 bridgehead atoms. The van der Waals surface area contributed by atoms with Crippen LogP contribution in [0.5, 0.6) is 0 Å². The van der Waals surface area contributed by atoms with E-state index in [1.807, 2.05) is 48.5 Å². The fourth-order valence-electron chi connectivity index (χ4n) is 1.57. The molecule has 0 saturated carbocycles. The molecule has 0 aliphatic rings. The average molecular weight is 228 g/mol. The van der Waals surface area contributed by atoms with Gasteiger partial charge in [0.15, 0.2) is 0 Å². The molecule has 0 saturated heterocycles. The molecule has 88 valence electrons. The minimum Gasteiger partial charge on any atom is -0.370 e. The molecular weight excluding hydrogens is 212 g/mol. The zero-order chi connectivity index (χ0) is 11.9. The fraction of sp³-hybridized carbons (Fsp3) is 0.214. The molecule has 0 spiro atoms. The second-order valence-corrected chi connectivity index (χ2v) is 3.80. The van der Waals surface area contributed by atoms with Gasteiger partial charge >= 0.3 is 0 Å². The third-order valence-electron chi connectivity index (χ3n) is 2.44. The molecule has 3 nitrogen and oxygen atoms in total. The van der Waals surface area contributed by atoms with E-state index in [-0.39, 0.29) is 0 Å². The van der Waals surface area contributed by atoms with Crippen LogP contribution in [-0.4, -0.2) is 4.98 Å². The molecule has 0 aliphatic heterocycles. The number of nitrogens with zero attached hydrogens (tertiary/aromatic N) is 1. The van der Waals surface area contributed by atoms with Crippen LogP contribution < -0.4 is 5.73 Å². The highest BCUT2D eigenvalue weighted by molar-refractivity contribution is 5.14. The Hall–Kier alpha value is -1.71. The maximum absolute atomic E-state index is 5.60. The molecule has 0 fully saturated rings. The zero-order valence-electron chi connectivity index (χ0n) is 9.67. The van der Waals surface area contributed by atoms with Crippen molar-refractivity contribution >= 4 is 0 Å². The predicted molar refractivity (Wildman–Crippen MR) is 67.1 cm³/mol. The summed E-state index contributed by atoms with van der Waals surface area (Å²) in [6.07, 6.45) is 0. The van der Waals surface area contributed by atoms with Crippen molar-refractivity contribution < 1.29 is 4.74 Å². The van der Waals surface area contributed by atoms with Crippen molar-refractivity contribution in [3.8, 4) is 0 Å². The molecule has 2 aromatic rings. The molecule has 3 heteroatoms. The quantitative estimate of drug-likeness (QED) is 0.854. The number of hydrogen-bond donors (Lipinski definition) is 1. The molecule has 1 aromatic carbocycles. The normalized spacial score (nSPS) is 10.4. The van der Waals surface area contributed by atoms with Gasteiger partial charge in [-0.1, -0.05) is 36.4 Å². The SMILES string of the molecule is NCc1cccc(COCc2ccccc2)n1. The molecule has 17 heavy (non-hydrogen) atoms. The number of pyridine rings is 1. The number of rotatable bonds is 5. The minimum atomic E-state index is 0.465. The molecule has 2 N–H and O–H groups in total. The first-order valence-corrected chi connectivity index (χ1v) is 5.65. The van der Waals surface area contributed by atoms with Crippen molar-refractivity contribution in [2.24, 2.45) is 5.73 Å². The number of aromatic nitrogens is 1. The monoisotopic (exact) mass is 228 g/mol. The zero-order valence-corrected chi connectivity index (χ0v) is 9.67. The van der Waals surface area contributed by atoms with E-state index in [1.54, 1.807) is 0 Å². The summed E-state index contributed by atoms with van der Waals surface area (Å²) in [7, 11) is 0. The van der Waals surface area contributed by atoms with Gasteiger partial charge in [-0.2, -0.15) is 0 Å². The second-order valence-electron chi connectivity index (χ2n) is 3.80. The number of hydrogen-bond acceptors (Lipinski definition) is 3. The summed E-state index contributed by atoms with van der Waals surface area (Å²) in [5.74, 6) is 0. The molecule has 0 radical (unpaired) electrons. The van der Waals surface area contributed by atoms with Crippen molar-refractivity contribution in [1.29, 1.82) is 0 Å². The van der Waals surface area contributed by atoms with Gasteiger partial charge in [0.05, 0.1) is 24.6 Å². The largest absolute Gasteiger partial charge is 0.370 e. The Balaban J connectivity index is 1.86. The van der Waals surface area contributed by atoms with E-state index in [9.17, 15) is 0 Å². The highest BCUT2D eigenvalue weighted by atomic mass is 16.5. The van der Waals surface area contributed by atoms with Crippen molar-refractivity contribution in [2.75, 3.05) is 0 Å². The van der Waals surface area contributed by atoms with Gasteiger partial charge in [0.2, 0.25) is 0 Å². The fourth-order valence-corrected chi connectivity index (χ4v) is 1.57. The third kappa shape index (κ3) is 3.66. The Morgan fingerprint density at radius 1 is 0.882 bits per heavy atom. The van der Waals surface area contributed by atoms with E-state index in [0.29, 0.717) is 19.8 Å². The van der Waals surface area contributed by atoms with E-state index in [2.05, 4.69) is 4.98 Å². The lowest BCUT2D eigenvalue weighted by atomic mass is 10.2. The maximum atomic E-state index is 5.60. The van der Waals surface area contributed by atoms with Crippen LogP contribution in [0, 0.1) is 0 Å². The van der Waals surface area contributed by atoms with Crippen molar-refractivity contribution in [3.63, 3.8) is 0 Å². The third-order valence-corrected chi connectivity index (χ3v) is 2.44. The molecule has 0 amide bonds. The van der Waals surface area contributed by atoms with E-state index < -0.39 is 0 Å². The van der Waals surface area contributed by atoms with E-state index in [0.717, 1.165) is 11.4 Å². The topological polar surface area (TPSA) is 48.1 Å². The first-order valence-electron chi connectivity index (χ1n) is 5.65. The second kappa shape index (κ2) is 6.13. The van der Waals surface area contributed by atoms with Crippen LogP contribution in [0.15, 0.2) is 48.5 Å². The summed E-state index contributed by atoms with van der Waals surface area (Å²) in [4.78, 5) is 4.37. The molecule has 1 heterocycles. The van der Waals surface area contributed by atoms with E-state index in [1.165, 1.54) is 5.56 Å². The highest BCUT2D eigenvalue weighted by Gasteiger charge is 1.97. The number of nitrogens with two attached hydrogens (primary N) is 1. The van der Waals surface area contributed by atoms with E-state index >= 15 is 0 Å². The smallest absolute Gasteiger partial charge is 0.0892 e. The Kier molecular flexibility index (Phi) is 4.24. The molecule has 0 atom stereocenters. The summed E-state index contributed by atoms with van der Waals surface area (Å²) in [6, 6.07) is 15.9. The van der Waals surface area contributed by atoms with Gasteiger partial charge < -0.3 is 10.5 Å². The molecule has 2 rings (SSSR count). The number of ether oxygens (including phenoxy) is 1. The van der Waals surface area contributed by atoms with Crippen LogP contribution in [0.1, 0.15) is 17.0 Å². The summed E-state index contributed by atoms with van der Waals surface area (Å²) >= 11 is 0. The standard InChI is InChI=1S/C14H16N2O/c15-9-13-7-4-8-14(16-13)11-17-10-12-5-2-1-3-6-12/h1-8H,9-11,15H2. The van der Waals surface area contributed by atoms with Gasteiger partial charge in [-0.3, -0.25) is 4.98 Å². The maximum Gasteiger partial charge on any atom is 0.0892 e. The lowest BCUT2D eigenvalue weighted by Crippen LogP contribution is -2.03. The van der Waals surface area contributed by atoms with Gasteiger partial charge in [0, 0.05) is 6.54 Å². The lowest BCUT2D eigenvalue weighted by molar-refractivity contribution is 0.104. The van der Waals surface area contributed by atoms with Crippen LogP contribution in [0.2, 0.25) is 0 Å². The molecule has 0 aliphatic carbocycles. The average Bonchev–Trinajstić information content (AvgIpc) is 2.40. The first-order chi connectivity index (χ1) is 8.38. The predicted octanol–water partition coefficient (Wildman–Crippen LogP) is 2.26. The molecule has 1 aromatic heterocycles. The minimum absolute atomic E-state index is 0.465. The van der Waals surface area contributed by atoms with Gasteiger partial charge in [-0.15, -0.1) is 0 Å². The summed E-state index contributed by atoms with van der Waals surface area (Å²) < 4.78 is 5.60. The van der Waals surface area contributed by atoms with Gasteiger partial charge in [-0.25, -0.2) is 0 Å². The Bertz CT molecular complexity index is 457. The van der Waals surface area contributed by atoms with Crippen LogP contribution in [0.4, 0.5) is 0 Å². The molecular formula is C14H16N2O. The Morgan fingerprint density at radius 3 is 2.41 bits per heavy atom. The Morgan fingerprint density at radius 2 is 1.65 bits per heavy atom. The first kappa shape index (κ1) is 11.8. The summed E-state index contributed by atoms with van der Waals surface area (Å²) in [5.41, 5.74) is 8.52. The summed E-state index contributed by atoms with van der Waals surface area (Å²) in [6.45, 7) is 1.59. The van der Waals surface area contributed by atoms with Crippen molar-refractivity contribution in [3.05, 3.63) is 65.5 Å².